The van der Waals surface area contributed by atoms with Gasteiger partial charge in [0.15, 0.2) is 0 Å². The molecule has 0 saturated heterocycles. The van der Waals surface area contributed by atoms with Crippen molar-refractivity contribution in [2.75, 3.05) is 25.4 Å². The van der Waals surface area contributed by atoms with Gasteiger partial charge in [0, 0.05) is 13.1 Å². The Morgan fingerprint density at radius 2 is 2.07 bits per heavy atom. The van der Waals surface area contributed by atoms with Crippen molar-refractivity contribution in [1.82, 2.24) is 4.90 Å². The summed E-state index contributed by atoms with van der Waals surface area (Å²) in [6.07, 6.45) is 5.67. The van der Waals surface area contributed by atoms with E-state index in [-0.39, 0.29) is 0 Å². The largest absolute Gasteiger partial charge is 0.303 e. The van der Waals surface area contributed by atoms with Gasteiger partial charge in [0.05, 0.1) is 0 Å². The molecule has 1 aliphatic carbocycles. The summed E-state index contributed by atoms with van der Waals surface area (Å²) in [4.78, 5) is 2.62. The summed E-state index contributed by atoms with van der Waals surface area (Å²) in [6.45, 7) is 8.36. The molecular weight excluding hydrogens is 190 g/mol. The van der Waals surface area contributed by atoms with Crippen LogP contribution in [0.25, 0.3) is 0 Å². The van der Waals surface area contributed by atoms with Crippen molar-refractivity contribution in [2.45, 2.75) is 39.5 Å². The maximum Gasteiger partial charge on any atom is 0.00174 e. The third-order valence-corrected chi connectivity index (χ3v) is 4.06. The van der Waals surface area contributed by atoms with Crippen molar-refractivity contribution in [2.24, 2.45) is 11.8 Å². The summed E-state index contributed by atoms with van der Waals surface area (Å²) >= 11 is 4.41. The molecule has 2 heteroatoms. The van der Waals surface area contributed by atoms with E-state index in [0.717, 1.165) is 17.6 Å². The summed E-state index contributed by atoms with van der Waals surface area (Å²) in [5.41, 5.74) is 0. The van der Waals surface area contributed by atoms with E-state index in [2.05, 4.69) is 31.4 Å². The van der Waals surface area contributed by atoms with Crippen LogP contribution < -0.4 is 0 Å². The van der Waals surface area contributed by atoms with Gasteiger partial charge in [-0.2, -0.15) is 12.6 Å². The average molecular weight is 215 g/mol. The Morgan fingerprint density at radius 3 is 2.43 bits per heavy atom. The van der Waals surface area contributed by atoms with Crippen LogP contribution in [0.2, 0.25) is 0 Å². The molecule has 1 saturated carbocycles. The predicted octanol–water partition coefficient (Wildman–Crippen LogP) is 3.06. The molecule has 0 N–H and O–H groups in total. The zero-order valence-electron chi connectivity index (χ0n) is 9.71. The molecule has 0 spiro atoms. The van der Waals surface area contributed by atoms with Crippen LogP contribution in [0.15, 0.2) is 0 Å². The minimum Gasteiger partial charge on any atom is -0.303 e. The zero-order valence-corrected chi connectivity index (χ0v) is 10.6. The molecule has 0 heterocycles. The van der Waals surface area contributed by atoms with Crippen LogP contribution in [0.3, 0.4) is 0 Å². The SMILES string of the molecule is CCC(CS)CN(CC)CC1CCC1. The van der Waals surface area contributed by atoms with E-state index >= 15 is 0 Å². The third-order valence-electron chi connectivity index (χ3n) is 3.54. The van der Waals surface area contributed by atoms with Crippen molar-refractivity contribution in [3.05, 3.63) is 0 Å². The lowest BCUT2D eigenvalue weighted by Crippen LogP contribution is -2.36. The van der Waals surface area contributed by atoms with Crippen LogP contribution in [-0.2, 0) is 0 Å². The molecule has 0 aromatic heterocycles. The Kier molecular flexibility index (Phi) is 5.95. The summed E-state index contributed by atoms with van der Waals surface area (Å²) < 4.78 is 0. The normalized spacial score (nSPS) is 19.7. The van der Waals surface area contributed by atoms with Crippen molar-refractivity contribution in [3.63, 3.8) is 0 Å². The molecule has 1 fully saturated rings. The Hall–Kier alpha value is 0.310. The highest BCUT2D eigenvalue weighted by atomic mass is 32.1. The van der Waals surface area contributed by atoms with Gasteiger partial charge in [-0.25, -0.2) is 0 Å². The Bertz CT molecular complexity index is 141. The van der Waals surface area contributed by atoms with Gasteiger partial charge in [0.25, 0.3) is 0 Å². The summed E-state index contributed by atoms with van der Waals surface area (Å²) in [5, 5.41) is 0. The number of hydrogen-bond donors (Lipinski definition) is 1. The maximum absolute atomic E-state index is 4.41. The van der Waals surface area contributed by atoms with Crippen molar-refractivity contribution >= 4 is 12.6 Å². The quantitative estimate of drug-likeness (QED) is 0.639. The summed E-state index contributed by atoms with van der Waals surface area (Å²) in [5.74, 6) is 2.84. The predicted molar refractivity (Wildman–Crippen MR) is 67.1 cm³/mol. The molecule has 1 nitrogen and oxygen atoms in total. The van der Waals surface area contributed by atoms with E-state index in [1.807, 2.05) is 0 Å². The summed E-state index contributed by atoms with van der Waals surface area (Å²) in [6, 6.07) is 0. The van der Waals surface area contributed by atoms with Gasteiger partial charge in [0.2, 0.25) is 0 Å². The number of hydrogen-bond acceptors (Lipinski definition) is 2. The molecule has 1 rings (SSSR count). The second-order valence-corrected chi connectivity index (χ2v) is 4.97. The molecule has 0 aliphatic heterocycles. The number of nitrogens with zero attached hydrogens (tertiary/aromatic N) is 1. The van der Waals surface area contributed by atoms with Crippen LogP contribution in [0.5, 0.6) is 0 Å². The standard InChI is InChI=1S/C12H25NS/c1-3-11(10-14)8-13(4-2)9-12-6-5-7-12/h11-12,14H,3-10H2,1-2H3. The fourth-order valence-electron chi connectivity index (χ4n) is 2.05. The minimum atomic E-state index is 0.790. The highest BCUT2D eigenvalue weighted by Crippen LogP contribution is 2.27. The van der Waals surface area contributed by atoms with E-state index in [1.54, 1.807) is 0 Å². The Morgan fingerprint density at radius 1 is 1.36 bits per heavy atom. The van der Waals surface area contributed by atoms with Gasteiger partial charge in [-0.1, -0.05) is 26.7 Å². The highest BCUT2D eigenvalue weighted by Gasteiger charge is 2.20. The van der Waals surface area contributed by atoms with Gasteiger partial charge >= 0.3 is 0 Å². The first-order chi connectivity index (χ1) is 6.80. The highest BCUT2D eigenvalue weighted by molar-refractivity contribution is 7.80. The number of rotatable bonds is 7. The lowest BCUT2D eigenvalue weighted by atomic mass is 9.85. The van der Waals surface area contributed by atoms with Gasteiger partial charge in [-0.15, -0.1) is 0 Å². The van der Waals surface area contributed by atoms with Crippen LogP contribution in [0.4, 0.5) is 0 Å². The van der Waals surface area contributed by atoms with E-state index in [0.29, 0.717) is 0 Å². The molecule has 14 heavy (non-hydrogen) atoms. The third kappa shape index (κ3) is 3.82. The zero-order chi connectivity index (χ0) is 10.4. The van der Waals surface area contributed by atoms with Gasteiger partial charge in [-0.05, 0) is 37.0 Å². The van der Waals surface area contributed by atoms with Crippen molar-refractivity contribution in [1.29, 1.82) is 0 Å². The number of thiol groups is 1. The summed E-state index contributed by atoms with van der Waals surface area (Å²) in [7, 11) is 0. The molecule has 0 aromatic rings. The van der Waals surface area contributed by atoms with Gasteiger partial charge < -0.3 is 4.90 Å². The van der Waals surface area contributed by atoms with E-state index in [9.17, 15) is 0 Å². The van der Waals surface area contributed by atoms with Gasteiger partial charge in [-0.3, -0.25) is 0 Å². The Balaban J connectivity index is 2.21. The molecular formula is C12H25NS. The van der Waals surface area contributed by atoms with E-state index in [1.165, 1.54) is 45.3 Å². The lowest BCUT2D eigenvalue weighted by Gasteiger charge is -2.33. The molecule has 1 atom stereocenters. The lowest BCUT2D eigenvalue weighted by molar-refractivity contribution is 0.166. The molecule has 0 amide bonds. The van der Waals surface area contributed by atoms with Crippen molar-refractivity contribution in [3.8, 4) is 0 Å². The molecule has 0 radical (unpaired) electrons. The van der Waals surface area contributed by atoms with Crippen LogP contribution in [0.1, 0.15) is 39.5 Å². The first kappa shape index (κ1) is 12.4. The Labute approximate surface area is 94.7 Å². The monoisotopic (exact) mass is 215 g/mol. The second kappa shape index (κ2) is 6.73. The molecule has 1 unspecified atom stereocenters. The first-order valence-electron chi connectivity index (χ1n) is 6.13. The van der Waals surface area contributed by atoms with Crippen LogP contribution in [0, 0.1) is 11.8 Å². The first-order valence-corrected chi connectivity index (χ1v) is 6.76. The van der Waals surface area contributed by atoms with Crippen LogP contribution in [-0.4, -0.2) is 30.3 Å². The van der Waals surface area contributed by atoms with E-state index < -0.39 is 0 Å². The fourth-order valence-corrected chi connectivity index (χ4v) is 2.43. The second-order valence-electron chi connectivity index (χ2n) is 4.61. The average Bonchev–Trinajstić information content (AvgIpc) is 2.16. The van der Waals surface area contributed by atoms with Crippen LogP contribution >= 0.6 is 12.6 Å². The fraction of sp³-hybridized carbons (Fsp3) is 1.00. The maximum atomic E-state index is 4.41. The van der Waals surface area contributed by atoms with E-state index in [4.69, 9.17) is 0 Å². The topological polar surface area (TPSA) is 3.24 Å². The molecule has 0 bridgehead atoms. The minimum absolute atomic E-state index is 0.790. The van der Waals surface area contributed by atoms with Gasteiger partial charge in [0.1, 0.15) is 0 Å². The smallest absolute Gasteiger partial charge is 0.00174 e. The molecule has 84 valence electrons. The van der Waals surface area contributed by atoms with Crippen molar-refractivity contribution < 1.29 is 0 Å². The molecule has 0 aromatic carbocycles. The molecule has 1 aliphatic rings.